The van der Waals surface area contributed by atoms with Gasteiger partial charge in [-0.1, -0.05) is 30.7 Å². The Bertz CT molecular complexity index is 1400. The first-order valence-electron chi connectivity index (χ1n) is 15.6. The van der Waals surface area contributed by atoms with Gasteiger partial charge in [0.05, 0.1) is 11.7 Å². The van der Waals surface area contributed by atoms with Crippen molar-refractivity contribution in [3.05, 3.63) is 81.9 Å². The van der Waals surface area contributed by atoms with Gasteiger partial charge in [-0.25, -0.2) is 8.78 Å². The smallest absolute Gasteiger partial charge is 0.220 e. The first-order chi connectivity index (χ1) is 20.4. The molecule has 2 bridgehead atoms. The molecule has 1 aliphatic heterocycles. The number of aliphatic hydroxyl groups excluding tert-OH is 1. The van der Waals surface area contributed by atoms with Gasteiger partial charge in [0.2, 0.25) is 5.91 Å². The Labute approximate surface area is 253 Å². The fourth-order valence-electron chi connectivity index (χ4n) is 7.74. The van der Waals surface area contributed by atoms with E-state index < -0.39 is 34.5 Å². The third-order valence-electron chi connectivity index (χ3n) is 10.6. The number of primary amides is 1. The molecule has 4 aliphatic rings. The highest BCUT2D eigenvalue weighted by molar-refractivity contribution is 6.10. The maximum absolute atomic E-state index is 14.2. The van der Waals surface area contributed by atoms with E-state index in [9.17, 15) is 28.6 Å². The average Bonchev–Trinajstić information content (AvgIpc) is 3.22. The number of hydrogen-bond acceptors (Lipinski definition) is 5. The van der Waals surface area contributed by atoms with Gasteiger partial charge in [-0.3, -0.25) is 9.59 Å². The minimum absolute atomic E-state index is 0.0600. The highest BCUT2D eigenvalue weighted by atomic mass is 19.2. The lowest BCUT2D eigenvalue weighted by atomic mass is 9.64. The van der Waals surface area contributed by atoms with E-state index in [2.05, 4.69) is 24.8 Å². The molecule has 232 valence electrons. The van der Waals surface area contributed by atoms with Crippen LogP contribution >= 0.6 is 0 Å². The van der Waals surface area contributed by atoms with Gasteiger partial charge < -0.3 is 20.8 Å². The van der Waals surface area contributed by atoms with Crippen LogP contribution in [-0.4, -0.2) is 58.1 Å². The molecule has 1 heterocycles. The Morgan fingerprint density at radius 3 is 2.47 bits per heavy atom. The minimum Gasteiger partial charge on any atom is -0.393 e. The van der Waals surface area contributed by atoms with E-state index in [1.165, 1.54) is 11.6 Å². The highest BCUT2D eigenvalue weighted by Crippen LogP contribution is 2.59. The third kappa shape index (κ3) is 6.47. The van der Waals surface area contributed by atoms with E-state index in [1.807, 2.05) is 12.1 Å². The van der Waals surface area contributed by atoms with E-state index in [0.717, 1.165) is 36.1 Å². The molecule has 6 nitrogen and oxygen atoms in total. The lowest BCUT2D eigenvalue weighted by Crippen LogP contribution is -2.54. The molecule has 0 spiro atoms. The van der Waals surface area contributed by atoms with E-state index in [1.54, 1.807) is 6.07 Å². The molecule has 4 atom stereocenters. The van der Waals surface area contributed by atoms with Crippen LogP contribution in [0.5, 0.6) is 0 Å². The number of benzene rings is 2. The fraction of sp³-hybridized carbons (Fsp3) is 0.543. The topological polar surface area (TPSA) is 104 Å². The lowest BCUT2D eigenvalue weighted by Gasteiger charge is -2.47. The van der Waals surface area contributed by atoms with Crippen LogP contribution in [0, 0.1) is 23.0 Å². The van der Waals surface area contributed by atoms with Gasteiger partial charge in [0.15, 0.2) is 17.4 Å². The molecule has 1 saturated heterocycles. The third-order valence-corrected chi connectivity index (χ3v) is 10.6. The molecule has 0 aromatic heterocycles. The van der Waals surface area contributed by atoms with Gasteiger partial charge in [-0.05, 0) is 119 Å². The van der Waals surface area contributed by atoms with E-state index in [0.29, 0.717) is 70.1 Å². The number of fused-ring (bicyclic) bond motifs is 8. The predicted octanol–water partition coefficient (Wildman–Crippen LogP) is 5.43. The Balaban J connectivity index is 1.55. The van der Waals surface area contributed by atoms with Crippen molar-refractivity contribution in [2.45, 2.75) is 89.3 Å². The number of piperidine rings is 1. The molecule has 2 aromatic carbocycles. The normalized spacial score (nSPS) is 29.1. The monoisotopic (exact) mass is 594 g/mol. The van der Waals surface area contributed by atoms with Crippen molar-refractivity contribution in [3.63, 3.8) is 0 Å². The molecule has 43 heavy (non-hydrogen) atoms. The van der Waals surface area contributed by atoms with Crippen LogP contribution in [0.4, 0.5) is 8.78 Å². The highest BCUT2D eigenvalue weighted by Gasteiger charge is 2.57. The molecule has 8 heteroatoms. The molecule has 0 radical (unpaired) electrons. The SMILES string of the molecule is CC1=CCC[C@@]2(C)[C@@H](CC[C@@]2(O)CN2CCC(C(N)=O)CC2)c2ccc(cc2C(=O)c2ccc(F)c(F)c2)C[C@@H](O)CC1. The summed E-state index contributed by atoms with van der Waals surface area (Å²) >= 11 is 0. The molecule has 1 amide bonds. The van der Waals surface area contributed by atoms with Gasteiger partial charge in [0.25, 0.3) is 0 Å². The maximum atomic E-state index is 14.2. The zero-order chi connectivity index (χ0) is 30.9. The molecule has 1 saturated carbocycles. The van der Waals surface area contributed by atoms with Crippen molar-refractivity contribution in [3.8, 4) is 0 Å². The number of allylic oxidation sites excluding steroid dienone is 2. The van der Waals surface area contributed by atoms with Crippen molar-refractivity contribution in [1.82, 2.24) is 4.90 Å². The Kier molecular flexibility index (Phi) is 9.21. The van der Waals surface area contributed by atoms with Gasteiger partial charge in [-0.2, -0.15) is 0 Å². The van der Waals surface area contributed by atoms with Gasteiger partial charge in [0, 0.05) is 29.0 Å². The lowest BCUT2D eigenvalue weighted by molar-refractivity contribution is -0.124. The number of likely N-dealkylation sites (tertiary alicyclic amines) is 1. The fourth-order valence-corrected chi connectivity index (χ4v) is 7.74. The maximum Gasteiger partial charge on any atom is 0.220 e. The molecular weight excluding hydrogens is 550 g/mol. The summed E-state index contributed by atoms with van der Waals surface area (Å²) in [4.78, 5) is 27.9. The second-order valence-corrected chi connectivity index (χ2v) is 13.4. The van der Waals surface area contributed by atoms with Gasteiger partial charge in [-0.15, -0.1) is 0 Å². The molecule has 2 fully saturated rings. The standard InChI is InChI=1S/C35H44F2N2O4/c1-22-4-3-14-34(2)29(11-15-35(34,43)21-39-16-12-24(13-17-39)33(38)42)27-9-6-23(18-26(40)8-5-22)19-28(27)32(41)25-7-10-30(36)31(37)20-25/h4,6-7,9-10,19-20,24,26,29,40,43H,3,5,8,11-18,21H2,1-2H3,(H2,38,42)/t26-,29-,34-,35+/m0/s1. The Morgan fingerprint density at radius 2 is 1.77 bits per heavy atom. The molecular formula is C35H44F2N2O4. The second-order valence-electron chi connectivity index (χ2n) is 13.4. The average molecular weight is 595 g/mol. The van der Waals surface area contributed by atoms with E-state index >= 15 is 0 Å². The summed E-state index contributed by atoms with van der Waals surface area (Å²) < 4.78 is 28.0. The number of aliphatic hydroxyl groups is 2. The molecule has 0 unspecified atom stereocenters. The number of rotatable bonds is 5. The molecule has 6 rings (SSSR count). The number of carbonyl (C=O) groups excluding carboxylic acids is 2. The van der Waals surface area contributed by atoms with Crippen LogP contribution in [0.25, 0.3) is 0 Å². The van der Waals surface area contributed by atoms with E-state index in [-0.39, 0.29) is 23.3 Å². The minimum atomic E-state index is -1.08. The van der Waals surface area contributed by atoms with Crippen LogP contribution in [0.3, 0.4) is 0 Å². The number of carbonyl (C=O) groups is 2. The first kappa shape index (κ1) is 31.5. The zero-order valence-corrected chi connectivity index (χ0v) is 25.3. The van der Waals surface area contributed by atoms with Crippen molar-refractivity contribution in [2.24, 2.45) is 17.1 Å². The summed E-state index contributed by atoms with van der Waals surface area (Å²) in [6.45, 7) is 6.04. The summed E-state index contributed by atoms with van der Waals surface area (Å²) in [5.41, 5.74) is 7.16. The summed E-state index contributed by atoms with van der Waals surface area (Å²) in [7, 11) is 0. The number of hydrogen-bond donors (Lipinski definition) is 3. The number of β-amino-alcohol motifs (C(OH)–C–C–N with tert-alkyl or cyclic N) is 1. The summed E-state index contributed by atoms with van der Waals surface area (Å²) in [5.74, 6) is -3.07. The number of halogens is 2. The van der Waals surface area contributed by atoms with Crippen LogP contribution < -0.4 is 5.73 Å². The van der Waals surface area contributed by atoms with Crippen LogP contribution in [-0.2, 0) is 11.2 Å². The largest absolute Gasteiger partial charge is 0.393 e. The molecule has 2 aromatic rings. The van der Waals surface area contributed by atoms with Gasteiger partial charge in [0.1, 0.15) is 0 Å². The van der Waals surface area contributed by atoms with Crippen LogP contribution in [0.2, 0.25) is 0 Å². The van der Waals surface area contributed by atoms with Crippen molar-refractivity contribution >= 4 is 11.7 Å². The molecule has 3 aliphatic carbocycles. The number of amides is 1. The number of nitrogens with zero attached hydrogens (tertiary/aromatic N) is 1. The zero-order valence-electron chi connectivity index (χ0n) is 25.3. The Morgan fingerprint density at radius 1 is 1.02 bits per heavy atom. The first-order valence-corrected chi connectivity index (χ1v) is 15.6. The van der Waals surface area contributed by atoms with Crippen molar-refractivity contribution in [1.29, 1.82) is 0 Å². The van der Waals surface area contributed by atoms with Crippen molar-refractivity contribution < 1.29 is 28.6 Å². The van der Waals surface area contributed by atoms with Crippen LogP contribution in [0.15, 0.2) is 48.0 Å². The van der Waals surface area contributed by atoms with E-state index in [4.69, 9.17) is 5.73 Å². The predicted molar refractivity (Wildman–Crippen MR) is 162 cm³/mol. The molecule has 4 N–H and O–H groups in total. The van der Waals surface area contributed by atoms with Crippen molar-refractivity contribution in [2.75, 3.05) is 19.6 Å². The summed E-state index contributed by atoms with van der Waals surface area (Å²) in [6.07, 6.45) is 7.31. The number of nitrogens with two attached hydrogens (primary N) is 1. The Hall–Kier alpha value is -2.94. The second kappa shape index (κ2) is 12.6. The quantitative estimate of drug-likeness (QED) is 0.316. The van der Waals surface area contributed by atoms with Gasteiger partial charge >= 0.3 is 0 Å². The number of ketones is 1. The summed E-state index contributed by atoms with van der Waals surface area (Å²) in [6, 6.07) is 8.89. The van der Waals surface area contributed by atoms with Crippen LogP contribution in [0.1, 0.15) is 98.2 Å². The summed E-state index contributed by atoms with van der Waals surface area (Å²) in [5, 5.41) is 23.3.